The van der Waals surface area contributed by atoms with E-state index >= 15 is 0 Å². The summed E-state index contributed by atoms with van der Waals surface area (Å²) in [7, 11) is 3.47. The van der Waals surface area contributed by atoms with E-state index in [0.29, 0.717) is 6.04 Å². The minimum atomic E-state index is 0.331. The Morgan fingerprint density at radius 2 is 1.56 bits per heavy atom. The molecule has 98 valence electrons. The summed E-state index contributed by atoms with van der Waals surface area (Å²) in [6, 6.07) is 0.331. The van der Waals surface area contributed by atoms with Gasteiger partial charge in [0.2, 0.25) is 0 Å². The van der Waals surface area contributed by atoms with Crippen molar-refractivity contribution >= 4 is 0 Å². The Balaban J connectivity index is 3.71. The molecular weight excluding hydrogens is 204 g/mol. The molecule has 0 bridgehead atoms. The Morgan fingerprint density at radius 1 is 1.00 bits per heavy atom. The molecule has 0 amide bonds. The first-order valence-electron chi connectivity index (χ1n) is 6.20. The fourth-order valence-electron chi connectivity index (χ4n) is 1.64. The second-order valence-electron chi connectivity index (χ2n) is 4.16. The van der Waals surface area contributed by atoms with Gasteiger partial charge >= 0.3 is 0 Å². The van der Waals surface area contributed by atoms with E-state index in [1.807, 2.05) is 0 Å². The largest absolute Gasteiger partial charge is 0.383 e. The van der Waals surface area contributed by atoms with Gasteiger partial charge in [-0.1, -0.05) is 13.3 Å². The van der Waals surface area contributed by atoms with Crippen LogP contribution in [0, 0.1) is 0 Å². The standard InChI is InChI=1S/C12H28N2O2/c1-4-5-12(13)6-7-14(8-10-15-2)9-11-16-3/h12H,4-11,13H2,1-3H3. The summed E-state index contributed by atoms with van der Waals surface area (Å²) in [4.78, 5) is 2.35. The van der Waals surface area contributed by atoms with E-state index in [2.05, 4.69) is 11.8 Å². The maximum Gasteiger partial charge on any atom is 0.0589 e. The van der Waals surface area contributed by atoms with E-state index in [4.69, 9.17) is 15.2 Å². The summed E-state index contributed by atoms with van der Waals surface area (Å²) < 4.78 is 10.2. The lowest BCUT2D eigenvalue weighted by Gasteiger charge is -2.23. The third-order valence-electron chi connectivity index (χ3n) is 2.70. The van der Waals surface area contributed by atoms with Crippen molar-refractivity contribution in [2.45, 2.75) is 32.2 Å². The van der Waals surface area contributed by atoms with Crippen LogP contribution >= 0.6 is 0 Å². The fourth-order valence-corrected chi connectivity index (χ4v) is 1.64. The Morgan fingerprint density at radius 3 is 2.00 bits per heavy atom. The van der Waals surface area contributed by atoms with Crippen LogP contribution in [0.4, 0.5) is 0 Å². The molecule has 0 spiro atoms. The Kier molecular flexibility index (Phi) is 11.2. The highest BCUT2D eigenvalue weighted by Crippen LogP contribution is 2.01. The summed E-state index contributed by atoms with van der Waals surface area (Å²) in [5.74, 6) is 0. The van der Waals surface area contributed by atoms with Crippen molar-refractivity contribution in [1.29, 1.82) is 0 Å². The van der Waals surface area contributed by atoms with Gasteiger partial charge in [-0.25, -0.2) is 0 Å². The summed E-state index contributed by atoms with van der Waals surface area (Å²) in [5.41, 5.74) is 6.00. The zero-order chi connectivity index (χ0) is 12.2. The van der Waals surface area contributed by atoms with E-state index in [-0.39, 0.29) is 0 Å². The number of methoxy groups -OCH3 is 2. The molecule has 0 rings (SSSR count). The van der Waals surface area contributed by atoms with Crippen molar-refractivity contribution in [2.75, 3.05) is 47.1 Å². The molecular formula is C12H28N2O2. The lowest BCUT2D eigenvalue weighted by atomic mass is 10.1. The topological polar surface area (TPSA) is 47.7 Å². The molecule has 0 aliphatic carbocycles. The average molecular weight is 232 g/mol. The molecule has 4 nitrogen and oxygen atoms in total. The van der Waals surface area contributed by atoms with Gasteiger partial charge in [-0.15, -0.1) is 0 Å². The van der Waals surface area contributed by atoms with Crippen LogP contribution in [0.25, 0.3) is 0 Å². The van der Waals surface area contributed by atoms with Crippen molar-refractivity contribution in [1.82, 2.24) is 4.90 Å². The fraction of sp³-hybridized carbons (Fsp3) is 1.00. The molecule has 0 aliphatic rings. The highest BCUT2D eigenvalue weighted by Gasteiger charge is 2.07. The summed E-state index contributed by atoms with van der Waals surface area (Å²) >= 11 is 0. The molecule has 1 atom stereocenters. The van der Waals surface area contributed by atoms with Gasteiger partial charge in [0, 0.05) is 33.4 Å². The van der Waals surface area contributed by atoms with E-state index in [0.717, 1.165) is 52.1 Å². The van der Waals surface area contributed by atoms with Crippen molar-refractivity contribution in [2.24, 2.45) is 5.73 Å². The van der Waals surface area contributed by atoms with E-state index in [1.165, 1.54) is 0 Å². The van der Waals surface area contributed by atoms with Crippen LogP contribution in [0.1, 0.15) is 26.2 Å². The SMILES string of the molecule is CCCC(N)CCN(CCOC)CCOC. The predicted octanol–water partition coefficient (Wildman–Crippen LogP) is 1.10. The lowest BCUT2D eigenvalue weighted by molar-refractivity contribution is 0.112. The summed E-state index contributed by atoms with van der Waals surface area (Å²) in [5, 5.41) is 0. The Bertz CT molecular complexity index is 137. The second kappa shape index (κ2) is 11.3. The van der Waals surface area contributed by atoms with Crippen LogP contribution in [0.15, 0.2) is 0 Å². The van der Waals surface area contributed by atoms with Crippen molar-refractivity contribution in [3.63, 3.8) is 0 Å². The van der Waals surface area contributed by atoms with Crippen LogP contribution in [0.2, 0.25) is 0 Å². The zero-order valence-electron chi connectivity index (χ0n) is 11.1. The molecule has 0 fully saturated rings. The summed E-state index contributed by atoms with van der Waals surface area (Å²) in [6.45, 7) is 6.66. The van der Waals surface area contributed by atoms with Crippen molar-refractivity contribution < 1.29 is 9.47 Å². The van der Waals surface area contributed by atoms with Crippen molar-refractivity contribution in [3.8, 4) is 0 Å². The highest BCUT2D eigenvalue weighted by atomic mass is 16.5. The number of rotatable bonds is 11. The minimum Gasteiger partial charge on any atom is -0.383 e. The van der Waals surface area contributed by atoms with Gasteiger partial charge in [-0.3, -0.25) is 4.90 Å². The van der Waals surface area contributed by atoms with Gasteiger partial charge in [-0.05, 0) is 19.4 Å². The number of hydrogen-bond donors (Lipinski definition) is 1. The molecule has 0 saturated carbocycles. The van der Waals surface area contributed by atoms with Gasteiger partial charge in [0.1, 0.15) is 0 Å². The van der Waals surface area contributed by atoms with Crippen LogP contribution in [-0.2, 0) is 9.47 Å². The maximum absolute atomic E-state index is 6.00. The summed E-state index contributed by atoms with van der Waals surface area (Å²) in [6.07, 6.45) is 3.33. The Hall–Kier alpha value is -0.160. The quantitative estimate of drug-likeness (QED) is 0.579. The third-order valence-corrected chi connectivity index (χ3v) is 2.70. The third kappa shape index (κ3) is 9.09. The van der Waals surface area contributed by atoms with Gasteiger partial charge in [0.15, 0.2) is 0 Å². The zero-order valence-corrected chi connectivity index (χ0v) is 11.1. The van der Waals surface area contributed by atoms with Gasteiger partial charge in [-0.2, -0.15) is 0 Å². The van der Waals surface area contributed by atoms with Crippen molar-refractivity contribution in [3.05, 3.63) is 0 Å². The van der Waals surface area contributed by atoms with Crippen LogP contribution in [-0.4, -0.2) is 58.0 Å². The lowest BCUT2D eigenvalue weighted by Crippen LogP contribution is -2.35. The van der Waals surface area contributed by atoms with Crippen LogP contribution in [0.3, 0.4) is 0 Å². The number of nitrogens with zero attached hydrogens (tertiary/aromatic N) is 1. The number of nitrogens with two attached hydrogens (primary N) is 1. The first-order chi connectivity index (χ1) is 7.74. The Labute approximate surface area is 100 Å². The molecule has 2 N–H and O–H groups in total. The number of ether oxygens (including phenoxy) is 2. The molecule has 0 aliphatic heterocycles. The van der Waals surface area contributed by atoms with E-state index in [1.54, 1.807) is 14.2 Å². The first kappa shape index (κ1) is 15.8. The molecule has 0 heterocycles. The molecule has 0 aromatic carbocycles. The van der Waals surface area contributed by atoms with Crippen LogP contribution < -0.4 is 5.73 Å². The minimum absolute atomic E-state index is 0.331. The molecule has 0 saturated heterocycles. The van der Waals surface area contributed by atoms with Crippen LogP contribution in [0.5, 0.6) is 0 Å². The normalized spacial score (nSPS) is 13.3. The average Bonchev–Trinajstić information content (AvgIpc) is 2.28. The highest BCUT2D eigenvalue weighted by molar-refractivity contribution is 4.65. The number of hydrogen-bond acceptors (Lipinski definition) is 4. The molecule has 16 heavy (non-hydrogen) atoms. The molecule has 4 heteroatoms. The molecule has 0 radical (unpaired) electrons. The maximum atomic E-state index is 6.00. The van der Waals surface area contributed by atoms with Gasteiger partial charge < -0.3 is 15.2 Å². The molecule has 0 aromatic rings. The predicted molar refractivity (Wildman–Crippen MR) is 67.7 cm³/mol. The smallest absolute Gasteiger partial charge is 0.0589 e. The second-order valence-corrected chi connectivity index (χ2v) is 4.16. The molecule has 1 unspecified atom stereocenters. The monoisotopic (exact) mass is 232 g/mol. The molecule has 0 aromatic heterocycles. The van der Waals surface area contributed by atoms with Gasteiger partial charge in [0.25, 0.3) is 0 Å². The van der Waals surface area contributed by atoms with E-state index in [9.17, 15) is 0 Å². The van der Waals surface area contributed by atoms with E-state index < -0.39 is 0 Å². The first-order valence-corrected chi connectivity index (χ1v) is 6.20. The van der Waals surface area contributed by atoms with Gasteiger partial charge in [0.05, 0.1) is 13.2 Å².